The van der Waals surface area contributed by atoms with Crippen molar-refractivity contribution in [2.24, 2.45) is 0 Å². The molecular weight excluding hydrogens is 466 g/mol. The lowest BCUT2D eigenvalue weighted by atomic mass is 10.3. The number of benzene rings is 1. The molecule has 1 N–H and O–H groups in total. The van der Waals surface area contributed by atoms with Gasteiger partial charge < -0.3 is 28.7 Å². The molecule has 1 saturated heterocycles. The van der Waals surface area contributed by atoms with Gasteiger partial charge in [-0.05, 0) is 18.6 Å². The molecule has 0 saturated carbocycles. The van der Waals surface area contributed by atoms with E-state index in [4.69, 9.17) is 35.0 Å². The number of alkyl halides is 3. The van der Waals surface area contributed by atoms with E-state index in [9.17, 15) is 22.4 Å². The summed E-state index contributed by atoms with van der Waals surface area (Å²) in [5.41, 5.74) is 0. The van der Waals surface area contributed by atoms with Gasteiger partial charge in [0.2, 0.25) is 6.29 Å². The van der Waals surface area contributed by atoms with Gasteiger partial charge in [0, 0.05) is 12.5 Å². The lowest BCUT2D eigenvalue weighted by molar-refractivity contribution is -0.205. The maximum Gasteiger partial charge on any atom is 0.414 e. The Hall–Kier alpha value is -2.64. The van der Waals surface area contributed by atoms with E-state index < -0.39 is 36.7 Å². The molecule has 1 aliphatic heterocycles. The fourth-order valence-electron chi connectivity index (χ4n) is 2.52. The summed E-state index contributed by atoms with van der Waals surface area (Å²) in [6.07, 6.45) is -6.83. The van der Waals surface area contributed by atoms with Crippen LogP contribution in [0.1, 0.15) is 25.0 Å². The minimum absolute atomic E-state index is 0.0517. The highest BCUT2D eigenvalue weighted by Gasteiger charge is 2.29. The van der Waals surface area contributed by atoms with Crippen LogP contribution in [0, 0.1) is 5.82 Å². The molecule has 1 fully saturated rings. The van der Waals surface area contributed by atoms with Gasteiger partial charge in [-0.2, -0.15) is 13.2 Å². The second-order valence-electron chi connectivity index (χ2n) is 6.60. The average Bonchev–Trinajstić information content (AvgIpc) is 3.21. The van der Waals surface area contributed by atoms with Crippen LogP contribution in [0.3, 0.4) is 0 Å². The minimum atomic E-state index is -4.26. The summed E-state index contributed by atoms with van der Waals surface area (Å²) in [5, 5.41) is 9.79. The van der Waals surface area contributed by atoms with E-state index >= 15 is 0 Å². The van der Waals surface area contributed by atoms with Gasteiger partial charge in [-0.1, -0.05) is 16.7 Å². The molecule has 1 aromatic heterocycles. The summed E-state index contributed by atoms with van der Waals surface area (Å²) in [7, 11) is 0. The number of hydrogen-bond acceptors (Lipinski definition) is 8. The van der Waals surface area contributed by atoms with Crippen molar-refractivity contribution < 1.29 is 45.7 Å². The Morgan fingerprint density at radius 2 is 1.97 bits per heavy atom. The molecule has 0 bridgehead atoms. The number of halogens is 5. The molecule has 0 atom stereocenters. The van der Waals surface area contributed by atoms with E-state index in [0.717, 1.165) is 6.07 Å². The van der Waals surface area contributed by atoms with Gasteiger partial charge in [0.25, 0.3) is 11.8 Å². The third-order valence-corrected chi connectivity index (χ3v) is 4.28. The number of nitrogens with one attached hydrogen (secondary N) is 1. The summed E-state index contributed by atoms with van der Waals surface area (Å²) >= 11 is 5.58. The first kappa shape index (κ1) is 24.0. The predicted molar refractivity (Wildman–Crippen MR) is 98.6 cm³/mol. The first-order valence-electron chi connectivity index (χ1n) is 9.33. The maximum absolute atomic E-state index is 13.4. The molecule has 0 spiro atoms. The molecule has 9 nitrogen and oxygen atoms in total. The summed E-state index contributed by atoms with van der Waals surface area (Å²) < 4.78 is 75.8. The van der Waals surface area contributed by atoms with Crippen LogP contribution in [-0.2, 0) is 14.3 Å². The van der Waals surface area contributed by atoms with Gasteiger partial charge >= 0.3 is 12.3 Å². The number of ether oxygens (including phenoxy) is 4. The molecular formula is C18H18ClF4N3O6. The Kier molecular flexibility index (Phi) is 8.10. The number of aromatic nitrogens is 2. The predicted octanol–water partition coefficient (Wildman–Crippen LogP) is 3.19. The van der Waals surface area contributed by atoms with Gasteiger partial charge in [0.05, 0.1) is 30.9 Å². The molecule has 0 radical (unpaired) electrons. The van der Waals surface area contributed by atoms with E-state index in [0.29, 0.717) is 0 Å². The average molecular weight is 484 g/mol. The zero-order valence-electron chi connectivity index (χ0n) is 16.4. The first-order chi connectivity index (χ1) is 15.2. The number of carbonyl (C=O) groups excluding carboxylic acids is 1. The molecule has 32 heavy (non-hydrogen) atoms. The molecule has 2 heterocycles. The monoisotopic (exact) mass is 483 g/mol. The number of rotatable bonds is 9. The van der Waals surface area contributed by atoms with Crippen LogP contribution in [0.2, 0.25) is 5.02 Å². The SMILES string of the molecule is O=C(COc1ccc(Cl)c(F)c1)NC1COC(c2nnc(OCCCC(F)(F)F)o2)OC1. The molecule has 14 heteroatoms. The molecule has 1 aliphatic rings. The molecule has 1 amide bonds. The Labute approximate surface area is 183 Å². The minimum Gasteiger partial charge on any atom is -0.484 e. The van der Waals surface area contributed by atoms with Crippen LogP contribution in [0.25, 0.3) is 0 Å². The largest absolute Gasteiger partial charge is 0.484 e. The van der Waals surface area contributed by atoms with Crippen molar-refractivity contribution in [2.45, 2.75) is 31.3 Å². The van der Waals surface area contributed by atoms with E-state index in [2.05, 4.69) is 15.5 Å². The van der Waals surface area contributed by atoms with Crippen molar-refractivity contribution in [3.63, 3.8) is 0 Å². The third kappa shape index (κ3) is 7.50. The van der Waals surface area contributed by atoms with Crippen molar-refractivity contribution in [3.8, 4) is 11.8 Å². The van der Waals surface area contributed by atoms with E-state index in [1.165, 1.54) is 12.1 Å². The fourth-order valence-corrected chi connectivity index (χ4v) is 2.64. The van der Waals surface area contributed by atoms with Crippen LogP contribution in [0.15, 0.2) is 22.6 Å². The molecule has 0 aliphatic carbocycles. The van der Waals surface area contributed by atoms with Gasteiger partial charge in [-0.3, -0.25) is 4.79 Å². The highest BCUT2D eigenvalue weighted by atomic mass is 35.5. The van der Waals surface area contributed by atoms with E-state index in [-0.39, 0.29) is 55.6 Å². The number of amides is 1. The number of hydrogen-bond donors (Lipinski definition) is 1. The summed E-state index contributed by atoms with van der Waals surface area (Å²) in [6.45, 7) is -0.502. The number of carbonyl (C=O) groups is 1. The Morgan fingerprint density at radius 1 is 1.22 bits per heavy atom. The van der Waals surface area contributed by atoms with Crippen molar-refractivity contribution in [1.82, 2.24) is 15.5 Å². The van der Waals surface area contributed by atoms with E-state index in [1.54, 1.807) is 0 Å². The van der Waals surface area contributed by atoms with Gasteiger partial charge in [-0.25, -0.2) is 4.39 Å². The summed E-state index contributed by atoms with van der Waals surface area (Å²) in [4.78, 5) is 12.0. The third-order valence-electron chi connectivity index (χ3n) is 3.98. The first-order valence-corrected chi connectivity index (χ1v) is 9.71. The molecule has 3 rings (SSSR count). The van der Waals surface area contributed by atoms with Crippen molar-refractivity contribution in [1.29, 1.82) is 0 Å². The Bertz CT molecular complexity index is 905. The van der Waals surface area contributed by atoms with Gasteiger partial charge in [-0.15, -0.1) is 5.10 Å². The van der Waals surface area contributed by atoms with Crippen LogP contribution in [-0.4, -0.2) is 54.8 Å². The highest BCUT2D eigenvalue weighted by Crippen LogP contribution is 2.25. The Morgan fingerprint density at radius 3 is 2.66 bits per heavy atom. The van der Waals surface area contributed by atoms with Crippen molar-refractivity contribution in [3.05, 3.63) is 34.9 Å². The number of nitrogens with zero attached hydrogens (tertiary/aromatic N) is 2. The molecule has 176 valence electrons. The van der Waals surface area contributed by atoms with E-state index in [1.807, 2.05) is 0 Å². The fraction of sp³-hybridized carbons (Fsp3) is 0.500. The lowest BCUT2D eigenvalue weighted by Gasteiger charge is -2.27. The summed E-state index contributed by atoms with van der Waals surface area (Å²) in [6, 6.07) is 3.30. The zero-order chi connectivity index (χ0) is 23.1. The standard InChI is InChI=1S/C18H18ClF4N3O6/c19-12-3-2-11(6-13(12)20)29-9-14(27)24-10-7-30-16(31-8-10)15-25-26-17(32-15)28-5-1-4-18(21,22)23/h2-3,6,10,16H,1,4-5,7-9H2,(H,24,27). The quantitative estimate of drug-likeness (QED) is 0.428. The molecule has 1 aromatic carbocycles. The van der Waals surface area contributed by atoms with Crippen LogP contribution in [0.4, 0.5) is 17.6 Å². The van der Waals surface area contributed by atoms with Gasteiger partial charge in [0.15, 0.2) is 6.61 Å². The van der Waals surface area contributed by atoms with Crippen molar-refractivity contribution in [2.75, 3.05) is 26.4 Å². The topological polar surface area (TPSA) is 105 Å². The second-order valence-corrected chi connectivity index (χ2v) is 7.01. The van der Waals surface area contributed by atoms with Crippen LogP contribution >= 0.6 is 11.6 Å². The second kappa shape index (κ2) is 10.8. The van der Waals surface area contributed by atoms with Crippen LogP contribution < -0.4 is 14.8 Å². The Balaban J connectivity index is 1.36. The summed E-state index contributed by atoms with van der Waals surface area (Å²) in [5.74, 6) is -1.08. The normalized spacial score (nSPS) is 18.9. The van der Waals surface area contributed by atoms with Gasteiger partial charge in [0.1, 0.15) is 11.6 Å². The van der Waals surface area contributed by atoms with Crippen molar-refractivity contribution >= 4 is 17.5 Å². The maximum atomic E-state index is 13.4. The molecule has 0 unspecified atom stereocenters. The lowest BCUT2D eigenvalue weighted by Crippen LogP contribution is -2.46. The smallest absolute Gasteiger partial charge is 0.414 e. The van der Waals surface area contributed by atoms with Crippen LogP contribution in [0.5, 0.6) is 11.8 Å². The highest BCUT2D eigenvalue weighted by molar-refractivity contribution is 6.30. The molecule has 2 aromatic rings. The zero-order valence-corrected chi connectivity index (χ0v) is 17.1.